The van der Waals surface area contributed by atoms with E-state index in [4.69, 9.17) is 0 Å². The maximum absolute atomic E-state index is 9.76. The first kappa shape index (κ1) is 23.4. The fourth-order valence-corrected chi connectivity index (χ4v) is 6.28. The van der Waals surface area contributed by atoms with E-state index in [1.54, 1.807) is 0 Å². The fraction of sp³-hybridized carbons (Fsp3) is 0. The summed E-state index contributed by atoms with van der Waals surface area (Å²) in [7, 11) is 0. The van der Waals surface area contributed by atoms with E-state index in [0.29, 0.717) is 5.71 Å². The number of fused-ring (bicyclic) bond motifs is 1. The number of benzene rings is 7. The predicted molar refractivity (Wildman–Crippen MR) is 174 cm³/mol. The quantitative estimate of drug-likeness (QED) is 0.175. The summed E-state index contributed by atoms with van der Waals surface area (Å²) in [5.41, 5.74) is 8.60. The first-order valence-electron chi connectivity index (χ1n) is 13.9. The Kier molecular flexibility index (Phi) is 5.33. The van der Waals surface area contributed by atoms with Gasteiger partial charge in [-0.1, -0.05) is 127 Å². The van der Waals surface area contributed by atoms with Gasteiger partial charge in [-0.25, -0.2) is 0 Å². The third-order valence-electron chi connectivity index (χ3n) is 8.19. The van der Waals surface area contributed by atoms with E-state index in [9.17, 15) is 5.41 Å². The minimum absolute atomic E-state index is 0.494. The molecule has 2 heteroatoms. The summed E-state index contributed by atoms with van der Waals surface area (Å²) in [5, 5.41) is 20.9. The van der Waals surface area contributed by atoms with Gasteiger partial charge in [0.15, 0.2) is 0 Å². The van der Waals surface area contributed by atoms with Gasteiger partial charge in [-0.15, -0.1) is 0 Å². The van der Waals surface area contributed by atoms with Gasteiger partial charge in [-0.05, 0) is 67.2 Å². The van der Waals surface area contributed by atoms with Gasteiger partial charge < -0.3 is 5.32 Å². The van der Waals surface area contributed by atoms with Gasteiger partial charge in [0.2, 0.25) is 0 Å². The van der Waals surface area contributed by atoms with Gasteiger partial charge >= 0.3 is 0 Å². The minimum atomic E-state index is 0.494. The minimum Gasteiger partial charge on any atom is -0.354 e. The maximum Gasteiger partial charge on any atom is 0.0712 e. The molecule has 41 heavy (non-hydrogen) atoms. The molecule has 1 aliphatic heterocycles. The maximum atomic E-state index is 9.76. The highest BCUT2D eigenvalue weighted by Gasteiger charge is 2.24. The molecule has 0 aliphatic carbocycles. The molecule has 2 nitrogen and oxygen atoms in total. The van der Waals surface area contributed by atoms with Crippen LogP contribution in [0.1, 0.15) is 27.8 Å². The second-order valence-corrected chi connectivity index (χ2v) is 10.6. The number of hydrogen-bond donors (Lipinski definition) is 2. The highest BCUT2D eigenvalue weighted by molar-refractivity contribution is 6.37. The van der Waals surface area contributed by atoms with Gasteiger partial charge in [0.05, 0.1) is 11.4 Å². The lowest BCUT2D eigenvalue weighted by Crippen LogP contribution is -2.20. The van der Waals surface area contributed by atoms with E-state index >= 15 is 0 Å². The van der Waals surface area contributed by atoms with E-state index in [1.165, 1.54) is 21.5 Å². The molecule has 192 valence electrons. The summed E-state index contributed by atoms with van der Waals surface area (Å²) in [4.78, 5) is 0. The smallest absolute Gasteiger partial charge is 0.0712 e. The van der Waals surface area contributed by atoms with Crippen molar-refractivity contribution in [2.45, 2.75) is 0 Å². The average Bonchev–Trinajstić information content (AvgIpc) is 3.04. The lowest BCUT2D eigenvalue weighted by Gasteiger charge is -2.26. The predicted octanol–water partition coefficient (Wildman–Crippen LogP) is 9.62. The standard InChI is InChI=1S/C39H26N2/c40-38(32-22-30-20-18-27-15-9-16-28-19-21-31(23-32)36(30)35(27)28)37(26-12-5-2-6-13-26)39-33-17-8-7-14-29(33)24-34(41-39)25-10-3-1-4-11-25/h1-24,40-41H/b39-37-,40-38?. The van der Waals surface area contributed by atoms with Crippen molar-refractivity contribution in [3.63, 3.8) is 0 Å². The molecule has 0 amide bonds. The monoisotopic (exact) mass is 522 g/mol. The van der Waals surface area contributed by atoms with Crippen LogP contribution in [-0.2, 0) is 0 Å². The molecular formula is C39H26N2. The van der Waals surface area contributed by atoms with E-state index in [0.717, 1.165) is 55.6 Å². The molecule has 1 aliphatic rings. The lowest BCUT2D eigenvalue weighted by atomic mass is 9.86. The second-order valence-electron chi connectivity index (χ2n) is 10.6. The summed E-state index contributed by atoms with van der Waals surface area (Å²) in [6.45, 7) is 0. The first-order chi connectivity index (χ1) is 20.2. The van der Waals surface area contributed by atoms with Crippen LogP contribution in [0.2, 0.25) is 0 Å². The molecule has 0 saturated heterocycles. The molecule has 0 atom stereocenters. The van der Waals surface area contributed by atoms with E-state index in [-0.39, 0.29) is 0 Å². The van der Waals surface area contributed by atoms with Crippen molar-refractivity contribution in [1.29, 1.82) is 5.41 Å². The zero-order chi connectivity index (χ0) is 27.3. The molecule has 0 bridgehead atoms. The van der Waals surface area contributed by atoms with Crippen LogP contribution < -0.4 is 5.32 Å². The van der Waals surface area contributed by atoms with Crippen LogP contribution in [0.15, 0.2) is 140 Å². The van der Waals surface area contributed by atoms with Crippen molar-refractivity contribution < 1.29 is 0 Å². The number of rotatable bonds is 4. The topological polar surface area (TPSA) is 35.9 Å². The Morgan fingerprint density at radius 1 is 0.512 bits per heavy atom. The Morgan fingerprint density at radius 2 is 1.10 bits per heavy atom. The second kappa shape index (κ2) is 9.32. The Labute approximate surface area is 238 Å². The molecule has 0 aromatic heterocycles. The molecule has 1 heterocycles. The lowest BCUT2D eigenvalue weighted by molar-refractivity contribution is 1.22. The van der Waals surface area contributed by atoms with Crippen LogP contribution in [0.4, 0.5) is 0 Å². The van der Waals surface area contributed by atoms with Crippen LogP contribution in [0, 0.1) is 5.41 Å². The van der Waals surface area contributed by atoms with Crippen LogP contribution in [-0.4, -0.2) is 5.71 Å². The summed E-state index contributed by atoms with van der Waals surface area (Å²) >= 11 is 0. The van der Waals surface area contributed by atoms with Crippen molar-refractivity contribution in [2.75, 3.05) is 0 Å². The highest BCUT2D eigenvalue weighted by atomic mass is 14.9. The van der Waals surface area contributed by atoms with Gasteiger partial charge in [0.25, 0.3) is 0 Å². The fourth-order valence-electron chi connectivity index (χ4n) is 6.28. The zero-order valence-corrected chi connectivity index (χ0v) is 22.4. The SMILES string of the molecule is N=C(/C(=C1\NC(c2ccccc2)=Cc2ccccc21)c1ccccc1)c1cc2ccc3cccc4ccc(c1)c2c34. The first-order valence-corrected chi connectivity index (χ1v) is 13.9. The van der Waals surface area contributed by atoms with Crippen LogP contribution >= 0.6 is 0 Å². The van der Waals surface area contributed by atoms with Gasteiger partial charge in [-0.2, -0.15) is 0 Å². The van der Waals surface area contributed by atoms with Crippen LogP contribution in [0.3, 0.4) is 0 Å². The molecule has 8 rings (SSSR count). The molecule has 0 fully saturated rings. The van der Waals surface area contributed by atoms with E-state index < -0.39 is 0 Å². The molecule has 2 N–H and O–H groups in total. The van der Waals surface area contributed by atoms with Gasteiger partial charge in [0.1, 0.15) is 0 Å². The van der Waals surface area contributed by atoms with Crippen molar-refractivity contribution >= 4 is 61.1 Å². The summed E-state index contributed by atoms with van der Waals surface area (Å²) in [6.07, 6.45) is 2.20. The molecule has 0 radical (unpaired) electrons. The third kappa shape index (κ3) is 3.84. The number of hydrogen-bond acceptors (Lipinski definition) is 2. The highest BCUT2D eigenvalue weighted by Crippen LogP contribution is 2.39. The molecule has 0 spiro atoms. The summed E-state index contributed by atoms with van der Waals surface area (Å²) < 4.78 is 0. The van der Waals surface area contributed by atoms with E-state index in [2.05, 4.69) is 127 Å². The number of nitrogens with one attached hydrogen (secondary N) is 2. The van der Waals surface area contributed by atoms with Crippen molar-refractivity contribution in [2.24, 2.45) is 0 Å². The van der Waals surface area contributed by atoms with Crippen molar-refractivity contribution in [1.82, 2.24) is 5.32 Å². The molecule has 0 unspecified atom stereocenters. The molecule has 7 aromatic rings. The largest absolute Gasteiger partial charge is 0.354 e. The summed E-state index contributed by atoms with van der Waals surface area (Å²) in [5.74, 6) is 0. The van der Waals surface area contributed by atoms with Gasteiger partial charge in [0, 0.05) is 22.4 Å². The van der Waals surface area contributed by atoms with Crippen molar-refractivity contribution in [3.05, 3.63) is 167 Å². The normalized spacial score (nSPS) is 14.1. The Hall–Kier alpha value is -5.47. The van der Waals surface area contributed by atoms with Crippen molar-refractivity contribution in [3.8, 4) is 0 Å². The Balaban J connectivity index is 1.37. The van der Waals surface area contributed by atoms with Crippen LogP contribution in [0.25, 0.3) is 55.4 Å². The van der Waals surface area contributed by atoms with Gasteiger partial charge in [-0.3, -0.25) is 5.41 Å². The average molecular weight is 523 g/mol. The molecule has 0 saturated carbocycles. The van der Waals surface area contributed by atoms with E-state index in [1.807, 2.05) is 24.3 Å². The molecule has 7 aromatic carbocycles. The summed E-state index contributed by atoms with van der Waals surface area (Å²) in [6, 6.07) is 48.8. The number of allylic oxidation sites excluding steroid dienone is 1. The zero-order valence-electron chi connectivity index (χ0n) is 22.4. The Morgan fingerprint density at radius 3 is 1.80 bits per heavy atom. The Bertz CT molecular complexity index is 2110. The third-order valence-corrected chi connectivity index (χ3v) is 8.19. The molecular weight excluding hydrogens is 496 g/mol. The van der Waals surface area contributed by atoms with Crippen LogP contribution in [0.5, 0.6) is 0 Å².